The largest absolute Gasteiger partial charge is 0.331 e. The summed E-state index contributed by atoms with van der Waals surface area (Å²) in [5, 5.41) is 10.0. The topological polar surface area (TPSA) is 59.0 Å². The van der Waals surface area contributed by atoms with Gasteiger partial charge in [0.25, 0.3) is 0 Å². The van der Waals surface area contributed by atoms with Crippen LogP contribution in [0.1, 0.15) is 18.5 Å². The van der Waals surface area contributed by atoms with E-state index in [4.69, 9.17) is 0 Å². The van der Waals surface area contributed by atoms with E-state index in [0.717, 1.165) is 15.7 Å². The molecule has 0 aliphatic rings. The number of aromatic nitrogens is 2. The second-order valence-corrected chi connectivity index (χ2v) is 6.18. The molecule has 0 aliphatic carbocycles. The minimum atomic E-state index is -0.295. The maximum Gasteiger partial charge on any atom is 0.320 e. The van der Waals surface area contributed by atoms with Gasteiger partial charge in [-0.2, -0.15) is 0 Å². The number of halogens is 1. The van der Waals surface area contributed by atoms with Crippen molar-refractivity contribution in [2.45, 2.75) is 13.0 Å². The predicted octanol–water partition coefficient (Wildman–Crippen LogP) is 4.52. The van der Waals surface area contributed by atoms with Crippen LogP contribution in [0.2, 0.25) is 0 Å². The van der Waals surface area contributed by atoms with Crippen LogP contribution in [0.25, 0.3) is 5.69 Å². The molecule has 0 saturated carbocycles. The first-order chi connectivity index (χ1) is 11.6. The van der Waals surface area contributed by atoms with Gasteiger partial charge in [-0.3, -0.25) is 5.32 Å². The Morgan fingerprint density at radius 2 is 1.79 bits per heavy atom. The predicted molar refractivity (Wildman–Crippen MR) is 98.3 cm³/mol. The van der Waals surface area contributed by atoms with Gasteiger partial charge in [-0.1, -0.05) is 52.3 Å². The summed E-state index contributed by atoms with van der Waals surface area (Å²) in [7, 11) is 0. The zero-order valence-corrected chi connectivity index (χ0v) is 14.7. The molecule has 1 heterocycles. The second-order valence-electron chi connectivity index (χ2n) is 5.32. The number of amides is 2. The average Bonchev–Trinajstić information content (AvgIpc) is 3.04. The fourth-order valence-corrected chi connectivity index (χ4v) is 3.00. The molecule has 2 amide bonds. The molecule has 0 saturated heterocycles. The lowest BCUT2D eigenvalue weighted by Gasteiger charge is -2.15. The molecule has 3 aromatic rings. The molecule has 2 N–H and O–H groups in total. The van der Waals surface area contributed by atoms with Gasteiger partial charge in [0.15, 0.2) is 5.82 Å². The molecule has 122 valence electrons. The molecular weight excluding hydrogens is 368 g/mol. The zero-order valence-electron chi connectivity index (χ0n) is 13.1. The van der Waals surface area contributed by atoms with Crippen molar-refractivity contribution in [2.75, 3.05) is 5.32 Å². The van der Waals surface area contributed by atoms with Gasteiger partial charge in [-0.05, 0) is 30.7 Å². The molecule has 24 heavy (non-hydrogen) atoms. The third kappa shape index (κ3) is 3.83. The Morgan fingerprint density at radius 1 is 1.08 bits per heavy atom. The van der Waals surface area contributed by atoms with Crippen LogP contribution in [0.4, 0.5) is 10.6 Å². The summed E-state index contributed by atoms with van der Waals surface area (Å²) in [6.45, 7) is 1.93. The highest BCUT2D eigenvalue weighted by molar-refractivity contribution is 9.10. The van der Waals surface area contributed by atoms with E-state index in [1.807, 2.05) is 67.7 Å². The number of urea groups is 1. The summed E-state index contributed by atoms with van der Waals surface area (Å²) >= 11 is 3.50. The molecule has 6 heteroatoms. The molecule has 0 aliphatic heterocycles. The van der Waals surface area contributed by atoms with Gasteiger partial charge >= 0.3 is 6.03 Å². The fourth-order valence-electron chi connectivity index (χ4n) is 2.37. The number of nitrogens with zero attached hydrogens (tertiary/aromatic N) is 2. The van der Waals surface area contributed by atoms with Crippen LogP contribution >= 0.6 is 15.9 Å². The van der Waals surface area contributed by atoms with Crippen molar-refractivity contribution >= 4 is 27.8 Å². The molecule has 0 spiro atoms. The summed E-state index contributed by atoms with van der Waals surface area (Å²) in [6, 6.07) is 18.9. The number of carbonyl (C=O) groups excluding carboxylic acids is 1. The van der Waals surface area contributed by atoms with Gasteiger partial charge in [-0.25, -0.2) is 9.48 Å². The first-order valence-corrected chi connectivity index (χ1v) is 8.36. The number of anilines is 1. The van der Waals surface area contributed by atoms with Crippen molar-refractivity contribution in [2.24, 2.45) is 0 Å². The van der Waals surface area contributed by atoms with E-state index in [-0.39, 0.29) is 12.1 Å². The maximum atomic E-state index is 12.2. The van der Waals surface area contributed by atoms with Crippen molar-refractivity contribution in [3.63, 3.8) is 0 Å². The van der Waals surface area contributed by atoms with Gasteiger partial charge in [0, 0.05) is 16.7 Å². The Bertz CT molecular complexity index is 832. The first kappa shape index (κ1) is 16.3. The van der Waals surface area contributed by atoms with E-state index in [1.165, 1.54) is 0 Å². The lowest BCUT2D eigenvalue weighted by molar-refractivity contribution is 0.249. The second kappa shape index (κ2) is 7.31. The highest BCUT2D eigenvalue weighted by Crippen LogP contribution is 2.22. The summed E-state index contributed by atoms with van der Waals surface area (Å²) in [6.07, 6.45) is 1.81. The van der Waals surface area contributed by atoms with E-state index >= 15 is 0 Å². The van der Waals surface area contributed by atoms with Crippen molar-refractivity contribution in [1.82, 2.24) is 15.1 Å². The van der Waals surface area contributed by atoms with Crippen LogP contribution in [-0.2, 0) is 0 Å². The molecule has 5 nitrogen and oxygen atoms in total. The minimum absolute atomic E-state index is 0.128. The van der Waals surface area contributed by atoms with Gasteiger partial charge in [0.1, 0.15) is 0 Å². The third-order valence-electron chi connectivity index (χ3n) is 3.57. The van der Waals surface area contributed by atoms with E-state index in [9.17, 15) is 4.79 Å². The highest BCUT2D eigenvalue weighted by Gasteiger charge is 2.12. The Morgan fingerprint density at radius 3 is 2.54 bits per heavy atom. The zero-order chi connectivity index (χ0) is 16.9. The molecule has 0 bridgehead atoms. The lowest BCUT2D eigenvalue weighted by Crippen LogP contribution is -2.31. The summed E-state index contributed by atoms with van der Waals surface area (Å²) in [4.78, 5) is 12.2. The average molecular weight is 385 g/mol. The normalized spacial score (nSPS) is 11.8. The maximum absolute atomic E-state index is 12.2. The van der Waals surface area contributed by atoms with Gasteiger partial charge in [0.2, 0.25) is 0 Å². The third-order valence-corrected chi connectivity index (χ3v) is 4.29. The molecule has 3 rings (SSSR count). The van der Waals surface area contributed by atoms with Crippen molar-refractivity contribution in [3.8, 4) is 5.69 Å². The van der Waals surface area contributed by atoms with Crippen LogP contribution in [0.15, 0.2) is 71.3 Å². The van der Waals surface area contributed by atoms with Crippen LogP contribution in [0.3, 0.4) is 0 Å². The van der Waals surface area contributed by atoms with E-state index in [0.29, 0.717) is 5.82 Å². The lowest BCUT2D eigenvalue weighted by atomic mass is 10.1. The van der Waals surface area contributed by atoms with Crippen LogP contribution in [0, 0.1) is 0 Å². The van der Waals surface area contributed by atoms with Crippen LogP contribution < -0.4 is 10.6 Å². The first-order valence-electron chi connectivity index (χ1n) is 7.56. The number of benzene rings is 2. The smallest absolute Gasteiger partial charge is 0.320 e. The molecule has 0 radical (unpaired) electrons. The van der Waals surface area contributed by atoms with E-state index in [1.54, 1.807) is 10.7 Å². The number of para-hydroxylation sites is 1. The summed E-state index contributed by atoms with van der Waals surface area (Å²) in [5.74, 6) is 0.496. The van der Waals surface area contributed by atoms with Crippen molar-refractivity contribution in [1.29, 1.82) is 0 Å². The number of carbonyl (C=O) groups is 1. The highest BCUT2D eigenvalue weighted by atomic mass is 79.9. The standard InChI is InChI=1S/C18H17BrN4O/c1-13(15-9-5-6-10-16(15)19)20-18(24)21-17-11-12-23(22-17)14-7-3-2-4-8-14/h2-13H,1H3,(H2,20,21,22,24). The SMILES string of the molecule is CC(NC(=O)Nc1ccn(-c2ccccc2)n1)c1ccccc1Br. The van der Waals surface area contributed by atoms with Crippen LogP contribution in [-0.4, -0.2) is 15.8 Å². The van der Waals surface area contributed by atoms with Gasteiger partial charge < -0.3 is 5.32 Å². The molecule has 1 aromatic heterocycles. The minimum Gasteiger partial charge on any atom is -0.331 e. The molecule has 0 fully saturated rings. The Hall–Kier alpha value is -2.60. The van der Waals surface area contributed by atoms with Gasteiger partial charge in [-0.15, -0.1) is 5.10 Å². The molecule has 1 atom stereocenters. The molecule has 1 unspecified atom stereocenters. The molecular formula is C18H17BrN4O. The monoisotopic (exact) mass is 384 g/mol. The van der Waals surface area contributed by atoms with Crippen molar-refractivity contribution < 1.29 is 4.79 Å². The Labute approximate surface area is 148 Å². The van der Waals surface area contributed by atoms with Crippen molar-refractivity contribution in [3.05, 3.63) is 76.9 Å². The Kier molecular flexibility index (Phi) is 4.96. The molecule has 2 aromatic carbocycles. The number of rotatable bonds is 4. The van der Waals surface area contributed by atoms with Gasteiger partial charge in [0.05, 0.1) is 11.7 Å². The summed E-state index contributed by atoms with van der Waals surface area (Å²) in [5.41, 5.74) is 1.95. The quantitative estimate of drug-likeness (QED) is 0.694. The number of hydrogen-bond donors (Lipinski definition) is 2. The number of hydrogen-bond acceptors (Lipinski definition) is 2. The van der Waals surface area contributed by atoms with Crippen LogP contribution in [0.5, 0.6) is 0 Å². The van der Waals surface area contributed by atoms with E-state index < -0.39 is 0 Å². The van der Waals surface area contributed by atoms with E-state index in [2.05, 4.69) is 31.7 Å². The summed E-state index contributed by atoms with van der Waals surface area (Å²) < 4.78 is 2.68. The fraction of sp³-hybridized carbons (Fsp3) is 0.111. The Balaban J connectivity index is 1.63. The number of nitrogens with one attached hydrogen (secondary N) is 2.